The predicted octanol–water partition coefficient (Wildman–Crippen LogP) is 2.09. The van der Waals surface area contributed by atoms with Crippen LogP contribution in [0.4, 0.5) is 5.69 Å². The summed E-state index contributed by atoms with van der Waals surface area (Å²) in [6.45, 7) is 2.68. The summed E-state index contributed by atoms with van der Waals surface area (Å²) in [6, 6.07) is 7.59. The van der Waals surface area contributed by atoms with E-state index >= 15 is 0 Å². The molecule has 0 unspecified atom stereocenters. The van der Waals surface area contributed by atoms with Crippen molar-refractivity contribution in [3.63, 3.8) is 0 Å². The average Bonchev–Trinajstić information content (AvgIpc) is 2.89. The fourth-order valence-corrected chi connectivity index (χ4v) is 2.02. The maximum atomic E-state index is 5.88. The molecule has 0 aliphatic rings. The molecule has 0 atom stereocenters. The van der Waals surface area contributed by atoms with Crippen molar-refractivity contribution in [3.8, 4) is 5.75 Å². The molecule has 21 heavy (non-hydrogen) atoms. The number of nitrogens with two attached hydrogens (primary N) is 1. The lowest BCUT2D eigenvalue weighted by Crippen LogP contribution is -2.23. The van der Waals surface area contributed by atoms with Gasteiger partial charge in [0.1, 0.15) is 5.75 Å². The van der Waals surface area contributed by atoms with E-state index in [0.29, 0.717) is 12.5 Å². The molecule has 2 aromatic rings. The van der Waals surface area contributed by atoms with Crippen LogP contribution in [-0.2, 0) is 6.42 Å². The number of aryl methyl sites for hydroxylation is 2. The molecule has 112 valence electrons. The number of nitrogens with one attached hydrogen (secondary N) is 2. The lowest BCUT2D eigenvalue weighted by molar-refractivity contribution is 0.417. The van der Waals surface area contributed by atoms with Crippen LogP contribution in [0, 0.1) is 6.92 Å². The van der Waals surface area contributed by atoms with Gasteiger partial charge in [-0.05, 0) is 37.5 Å². The van der Waals surface area contributed by atoms with E-state index in [1.54, 1.807) is 7.11 Å². The van der Waals surface area contributed by atoms with Crippen LogP contribution in [-0.4, -0.2) is 29.8 Å². The SMILES string of the molecule is COc1ccccc1NC(N)=NCCCc1cn[nH]c1C. The Morgan fingerprint density at radius 3 is 2.95 bits per heavy atom. The van der Waals surface area contributed by atoms with Crippen LogP contribution in [0.15, 0.2) is 35.5 Å². The molecule has 0 aliphatic carbocycles. The highest BCUT2D eigenvalue weighted by molar-refractivity contribution is 5.93. The Hall–Kier alpha value is -2.50. The summed E-state index contributed by atoms with van der Waals surface area (Å²) < 4.78 is 5.25. The van der Waals surface area contributed by atoms with Crippen molar-refractivity contribution in [1.29, 1.82) is 0 Å². The third-order valence-electron chi connectivity index (χ3n) is 3.19. The molecule has 0 fully saturated rings. The summed E-state index contributed by atoms with van der Waals surface area (Å²) >= 11 is 0. The monoisotopic (exact) mass is 287 g/mol. The Kier molecular flexibility index (Phi) is 5.20. The van der Waals surface area contributed by atoms with Gasteiger partial charge in [-0.3, -0.25) is 10.1 Å². The van der Waals surface area contributed by atoms with Crippen LogP contribution >= 0.6 is 0 Å². The molecular weight excluding hydrogens is 266 g/mol. The highest BCUT2D eigenvalue weighted by Crippen LogP contribution is 2.22. The number of benzene rings is 1. The summed E-state index contributed by atoms with van der Waals surface area (Å²) in [4.78, 5) is 4.32. The molecule has 0 saturated carbocycles. The molecule has 6 heteroatoms. The van der Waals surface area contributed by atoms with E-state index in [0.717, 1.165) is 30.0 Å². The molecule has 0 spiro atoms. The fraction of sp³-hybridized carbons (Fsp3) is 0.333. The number of anilines is 1. The molecule has 1 aromatic carbocycles. The van der Waals surface area contributed by atoms with Crippen LogP contribution in [0.1, 0.15) is 17.7 Å². The van der Waals surface area contributed by atoms with Crippen LogP contribution in [0.25, 0.3) is 0 Å². The summed E-state index contributed by atoms with van der Waals surface area (Å²) in [5.41, 5.74) is 9.03. The lowest BCUT2D eigenvalue weighted by atomic mass is 10.1. The van der Waals surface area contributed by atoms with Crippen molar-refractivity contribution in [2.45, 2.75) is 19.8 Å². The number of methoxy groups -OCH3 is 1. The molecule has 0 amide bonds. The first-order valence-electron chi connectivity index (χ1n) is 6.89. The van der Waals surface area contributed by atoms with Crippen molar-refractivity contribution in [3.05, 3.63) is 41.7 Å². The number of aromatic amines is 1. The zero-order valence-corrected chi connectivity index (χ0v) is 12.4. The molecule has 6 nitrogen and oxygen atoms in total. The first-order chi connectivity index (χ1) is 10.2. The summed E-state index contributed by atoms with van der Waals surface area (Å²) in [5, 5.41) is 9.98. The number of aromatic nitrogens is 2. The molecule has 0 radical (unpaired) electrons. The topological polar surface area (TPSA) is 88.3 Å². The van der Waals surface area contributed by atoms with Gasteiger partial charge in [0.05, 0.1) is 19.0 Å². The first kappa shape index (κ1) is 14.9. The van der Waals surface area contributed by atoms with E-state index < -0.39 is 0 Å². The van der Waals surface area contributed by atoms with E-state index in [9.17, 15) is 0 Å². The Morgan fingerprint density at radius 1 is 1.43 bits per heavy atom. The molecule has 4 N–H and O–H groups in total. The van der Waals surface area contributed by atoms with Gasteiger partial charge in [-0.1, -0.05) is 12.1 Å². The summed E-state index contributed by atoms with van der Waals surface area (Å²) in [5.74, 6) is 1.13. The molecule has 0 bridgehead atoms. The smallest absolute Gasteiger partial charge is 0.193 e. The number of guanidine groups is 1. The second kappa shape index (κ2) is 7.33. The predicted molar refractivity (Wildman–Crippen MR) is 84.8 cm³/mol. The van der Waals surface area contributed by atoms with E-state index in [1.807, 2.05) is 37.4 Å². The van der Waals surface area contributed by atoms with E-state index in [2.05, 4.69) is 20.5 Å². The Morgan fingerprint density at radius 2 is 2.24 bits per heavy atom. The number of ether oxygens (including phenoxy) is 1. The highest BCUT2D eigenvalue weighted by Gasteiger charge is 2.02. The third kappa shape index (κ3) is 4.24. The van der Waals surface area contributed by atoms with Crippen molar-refractivity contribution in [2.24, 2.45) is 10.7 Å². The normalized spacial score (nSPS) is 11.4. The molecule has 2 rings (SSSR count). The van der Waals surface area contributed by atoms with Crippen molar-refractivity contribution < 1.29 is 4.74 Å². The van der Waals surface area contributed by atoms with Gasteiger partial charge < -0.3 is 15.8 Å². The average molecular weight is 287 g/mol. The van der Waals surface area contributed by atoms with Gasteiger partial charge >= 0.3 is 0 Å². The van der Waals surface area contributed by atoms with Crippen LogP contribution in [0.2, 0.25) is 0 Å². The molecule has 1 aromatic heterocycles. The van der Waals surface area contributed by atoms with Gasteiger partial charge in [0.25, 0.3) is 0 Å². The summed E-state index contributed by atoms with van der Waals surface area (Å²) in [7, 11) is 1.63. The lowest BCUT2D eigenvalue weighted by Gasteiger charge is -2.10. The zero-order valence-electron chi connectivity index (χ0n) is 12.4. The van der Waals surface area contributed by atoms with Gasteiger partial charge in [0.2, 0.25) is 0 Å². The largest absolute Gasteiger partial charge is 0.495 e. The second-order valence-electron chi connectivity index (χ2n) is 4.72. The van der Waals surface area contributed by atoms with E-state index in [4.69, 9.17) is 10.5 Å². The van der Waals surface area contributed by atoms with Crippen molar-refractivity contribution in [1.82, 2.24) is 10.2 Å². The fourth-order valence-electron chi connectivity index (χ4n) is 2.02. The van der Waals surface area contributed by atoms with E-state index in [-0.39, 0.29) is 0 Å². The van der Waals surface area contributed by atoms with Crippen molar-refractivity contribution in [2.75, 3.05) is 19.0 Å². The summed E-state index contributed by atoms with van der Waals surface area (Å²) in [6.07, 6.45) is 3.72. The molecule has 1 heterocycles. The minimum Gasteiger partial charge on any atom is -0.495 e. The van der Waals surface area contributed by atoms with Gasteiger partial charge in [-0.15, -0.1) is 0 Å². The standard InChI is InChI=1S/C15H21N5O/c1-11-12(10-18-20-11)6-5-9-17-15(16)19-13-7-3-4-8-14(13)21-2/h3-4,7-8,10H,5-6,9H2,1-2H3,(H,18,20)(H3,16,17,19). The van der Waals surface area contributed by atoms with Gasteiger partial charge in [0.15, 0.2) is 5.96 Å². The molecule has 0 aliphatic heterocycles. The Bertz CT molecular complexity index is 606. The molecule has 0 saturated heterocycles. The number of hydrogen-bond acceptors (Lipinski definition) is 3. The maximum absolute atomic E-state index is 5.88. The number of aliphatic imine (C=N–C) groups is 1. The first-order valence-corrected chi connectivity index (χ1v) is 6.89. The molecular formula is C15H21N5O. The Labute approximate surface area is 124 Å². The Balaban J connectivity index is 1.83. The zero-order chi connectivity index (χ0) is 15.1. The van der Waals surface area contributed by atoms with Gasteiger partial charge in [-0.25, -0.2) is 0 Å². The highest BCUT2D eigenvalue weighted by atomic mass is 16.5. The van der Waals surface area contributed by atoms with E-state index in [1.165, 1.54) is 5.56 Å². The quantitative estimate of drug-likeness (QED) is 0.431. The van der Waals surface area contributed by atoms with Crippen molar-refractivity contribution >= 4 is 11.6 Å². The number of nitrogens with zero attached hydrogens (tertiary/aromatic N) is 2. The van der Waals surface area contributed by atoms with Gasteiger partial charge in [0, 0.05) is 12.2 Å². The van der Waals surface area contributed by atoms with Crippen LogP contribution in [0.5, 0.6) is 5.75 Å². The van der Waals surface area contributed by atoms with Gasteiger partial charge in [-0.2, -0.15) is 5.10 Å². The number of hydrogen-bond donors (Lipinski definition) is 3. The second-order valence-corrected chi connectivity index (χ2v) is 4.72. The third-order valence-corrected chi connectivity index (χ3v) is 3.19. The van der Waals surface area contributed by atoms with Crippen LogP contribution < -0.4 is 15.8 Å². The number of H-pyrrole nitrogens is 1. The number of rotatable bonds is 6. The minimum absolute atomic E-state index is 0.392. The minimum atomic E-state index is 0.392. The van der Waals surface area contributed by atoms with Crippen LogP contribution in [0.3, 0.4) is 0 Å². The number of para-hydroxylation sites is 2. The maximum Gasteiger partial charge on any atom is 0.193 e.